The first kappa shape index (κ1) is 33.0. The molecule has 244 valence electrons. The summed E-state index contributed by atoms with van der Waals surface area (Å²) in [6.45, 7) is 5.01. The van der Waals surface area contributed by atoms with E-state index in [1.807, 2.05) is 32.2 Å². The van der Waals surface area contributed by atoms with Crippen LogP contribution in [-0.4, -0.2) is 81.5 Å². The van der Waals surface area contributed by atoms with E-state index in [-0.39, 0.29) is 41.3 Å². The smallest absolute Gasteiger partial charge is 0.275 e. The van der Waals surface area contributed by atoms with Crippen molar-refractivity contribution >= 4 is 34.8 Å². The topological polar surface area (TPSA) is 163 Å². The third-order valence-corrected chi connectivity index (χ3v) is 8.10. The summed E-state index contributed by atoms with van der Waals surface area (Å²) in [5, 5.41) is 15.7. The summed E-state index contributed by atoms with van der Waals surface area (Å²) in [7, 11) is 1.97. The van der Waals surface area contributed by atoms with Crippen LogP contribution in [0.15, 0.2) is 85.3 Å². The fraction of sp³-hybridized carbons (Fsp3) is 0.286. The number of hydrogen-bond acceptors (Lipinski definition) is 9. The van der Waals surface area contributed by atoms with Crippen molar-refractivity contribution in [2.45, 2.75) is 32.5 Å². The van der Waals surface area contributed by atoms with E-state index in [4.69, 9.17) is 10.5 Å². The maximum absolute atomic E-state index is 13.8. The molecular weight excluding hydrogens is 598 g/mol. The molecule has 4 aromatic rings. The molecule has 1 aromatic heterocycles. The maximum atomic E-state index is 13.8. The molecule has 5 N–H and O–H groups in total. The predicted octanol–water partition coefficient (Wildman–Crippen LogP) is 3.92. The molecule has 5 rings (SSSR count). The zero-order chi connectivity index (χ0) is 33.5. The van der Waals surface area contributed by atoms with Crippen LogP contribution in [0.2, 0.25) is 0 Å². The second-order valence-electron chi connectivity index (χ2n) is 11.8. The number of hydrogen-bond donors (Lipinski definition) is 4. The Hall–Kier alpha value is -5.33. The zero-order valence-electron chi connectivity index (χ0n) is 26.6. The lowest BCUT2D eigenvalue weighted by atomic mass is 9.98. The third-order valence-electron chi connectivity index (χ3n) is 8.10. The van der Waals surface area contributed by atoms with Crippen molar-refractivity contribution in [3.63, 3.8) is 0 Å². The van der Waals surface area contributed by atoms with Crippen molar-refractivity contribution in [2.75, 3.05) is 43.1 Å². The summed E-state index contributed by atoms with van der Waals surface area (Å²) >= 11 is 0. The number of nitrogen functional groups attached to an aromatic ring is 1. The fourth-order valence-corrected chi connectivity index (χ4v) is 5.41. The summed E-state index contributed by atoms with van der Waals surface area (Å²) in [5.41, 5.74) is 9.24. The molecule has 1 aliphatic rings. The molecule has 0 aliphatic carbocycles. The van der Waals surface area contributed by atoms with Crippen LogP contribution in [0.4, 0.5) is 17.1 Å². The highest BCUT2D eigenvalue weighted by molar-refractivity contribution is 6.06. The molecule has 0 saturated carbocycles. The highest BCUT2D eigenvalue weighted by Gasteiger charge is 2.34. The summed E-state index contributed by atoms with van der Waals surface area (Å²) in [6, 6.07) is 19.0. The van der Waals surface area contributed by atoms with Gasteiger partial charge in [-0.1, -0.05) is 37.3 Å². The second-order valence-corrected chi connectivity index (χ2v) is 11.8. The first-order valence-corrected chi connectivity index (χ1v) is 15.4. The number of nitrogens with one attached hydrogen (secondary N) is 2. The van der Waals surface area contributed by atoms with E-state index in [1.165, 1.54) is 18.6 Å². The SMILES string of the molecule is C[C@@H]1CN([C@@H](C)CO)C(=O)c2cccc(NC(=O)c3cnccn3)c2O[C@@H]1CN(C)Cc1ccc(C(=O)Nc2ccccc2N)cc1. The van der Waals surface area contributed by atoms with E-state index in [0.29, 0.717) is 42.3 Å². The lowest BCUT2D eigenvalue weighted by Crippen LogP contribution is -2.49. The van der Waals surface area contributed by atoms with E-state index < -0.39 is 18.1 Å². The van der Waals surface area contributed by atoms with Gasteiger partial charge in [-0.05, 0) is 55.9 Å². The Morgan fingerprint density at radius 1 is 1.04 bits per heavy atom. The monoisotopic (exact) mass is 637 g/mol. The molecule has 12 heteroatoms. The van der Waals surface area contributed by atoms with Crippen LogP contribution < -0.4 is 21.1 Å². The number of anilines is 3. The van der Waals surface area contributed by atoms with E-state index in [0.717, 1.165) is 5.56 Å². The lowest BCUT2D eigenvalue weighted by Gasteiger charge is -2.38. The van der Waals surface area contributed by atoms with Gasteiger partial charge < -0.3 is 31.1 Å². The van der Waals surface area contributed by atoms with Crippen molar-refractivity contribution < 1.29 is 24.2 Å². The number of fused-ring (bicyclic) bond motifs is 1. The number of likely N-dealkylation sites (N-methyl/N-ethyl adjacent to an activating group) is 1. The molecule has 0 radical (unpaired) electrons. The van der Waals surface area contributed by atoms with Gasteiger partial charge in [0.15, 0.2) is 5.75 Å². The minimum Gasteiger partial charge on any atom is -0.486 e. The highest BCUT2D eigenvalue weighted by Crippen LogP contribution is 2.35. The number of rotatable bonds is 10. The summed E-state index contributed by atoms with van der Waals surface area (Å²) < 4.78 is 6.61. The van der Waals surface area contributed by atoms with Gasteiger partial charge in [-0.15, -0.1) is 0 Å². The average molecular weight is 638 g/mol. The number of para-hydroxylation sites is 3. The van der Waals surface area contributed by atoms with E-state index in [2.05, 4.69) is 25.5 Å². The molecule has 3 aromatic carbocycles. The molecule has 12 nitrogen and oxygen atoms in total. The molecule has 3 atom stereocenters. The molecule has 0 unspecified atom stereocenters. The van der Waals surface area contributed by atoms with Crippen LogP contribution in [-0.2, 0) is 6.54 Å². The van der Waals surface area contributed by atoms with Crippen LogP contribution >= 0.6 is 0 Å². The molecule has 3 amide bonds. The number of carbonyl (C=O) groups excluding carboxylic acids is 3. The molecule has 0 bridgehead atoms. The number of aromatic nitrogens is 2. The minimum atomic E-state index is -0.490. The van der Waals surface area contributed by atoms with Gasteiger partial charge in [0, 0.05) is 43.5 Å². The lowest BCUT2D eigenvalue weighted by molar-refractivity contribution is 0.0343. The summed E-state index contributed by atoms with van der Waals surface area (Å²) in [4.78, 5) is 51.4. The van der Waals surface area contributed by atoms with Crippen molar-refractivity contribution in [1.29, 1.82) is 0 Å². The van der Waals surface area contributed by atoms with Gasteiger partial charge in [0.25, 0.3) is 17.7 Å². The van der Waals surface area contributed by atoms with Crippen LogP contribution in [0.5, 0.6) is 5.75 Å². The minimum absolute atomic E-state index is 0.121. The van der Waals surface area contributed by atoms with Crippen molar-refractivity contribution in [2.24, 2.45) is 5.92 Å². The Morgan fingerprint density at radius 2 is 1.77 bits per heavy atom. The van der Waals surface area contributed by atoms with Gasteiger partial charge in [0.1, 0.15) is 11.8 Å². The second kappa shape index (κ2) is 14.8. The third kappa shape index (κ3) is 7.91. The average Bonchev–Trinajstić information content (AvgIpc) is 3.08. The Labute approximate surface area is 273 Å². The van der Waals surface area contributed by atoms with Gasteiger partial charge in [0.05, 0.1) is 41.5 Å². The number of nitrogens with two attached hydrogens (primary N) is 1. The number of ether oxygens (including phenoxy) is 1. The molecular formula is C35H39N7O5. The Morgan fingerprint density at radius 3 is 2.47 bits per heavy atom. The van der Waals surface area contributed by atoms with Crippen LogP contribution in [0.25, 0.3) is 0 Å². The summed E-state index contributed by atoms with van der Waals surface area (Å²) in [5.74, 6) is -0.921. The maximum Gasteiger partial charge on any atom is 0.275 e. The van der Waals surface area contributed by atoms with E-state index in [9.17, 15) is 19.5 Å². The summed E-state index contributed by atoms with van der Waals surface area (Å²) in [6.07, 6.45) is 3.87. The van der Waals surface area contributed by atoms with Crippen molar-refractivity contribution in [3.05, 3.63) is 108 Å². The van der Waals surface area contributed by atoms with Crippen LogP contribution in [0.1, 0.15) is 50.6 Å². The Kier molecular flexibility index (Phi) is 10.4. The van der Waals surface area contributed by atoms with Gasteiger partial charge in [-0.25, -0.2) is 4.98 Å². The number of nitrogens with zero attached hydrogens (tertiary/aromatic N) is 4. The number of amides is 3. The Balaban J connectivity index is 1.34. The predicted molar refractivity (Wildman–Crippen MR) is 179 cm³/mol. The number of benzene rings is 3. The van der Waals surface area contributed by atoms with Crippen LogP contribution in [0.3, 0.4) is 0 Å². The quantitative estimate of drug-likeness (QED) is 0.189. The standard InChI is InChI=1S/C35H39N7O5/c1-22-18-42(23(2)21-43)35(46)26-7-6-10-29(40-34(45)30-17-37-15-16-38-30)32(26)47-31(22)20-41(3)19-24-11-13-25(14-12-24)33(44)39-28-9-5-4-8-27(28)36/h4-17,22-23,31,43H,18-21,36H2,1-3H3,(H,39,44)(H,40,45)/t22-,23+,31-/m1/s1. The molecule has 2 heterocycles. The molecule has 0 saturated heterocycles. The van der Waals surface area contributed by atoms with Crippen LogP contribution in [0, 0.1) is 5.92 Å². The van der Waals surface area contributed by atoms with Gasteiger partial charge >= 0.3 is 0 Å². The number of carbonyl (C=O) groups is 3. The largest absolute Gasteiger partial charge is 0.486 e. The van der Waals surface area contributed by atoms with Gasteiger partial charge in [0.2, 0.25) is 0 Å². The molecule has 0 spiro atoms. The van der Waals surface area contributed by atoms with E-state index >= 15 is 0 Å². The first-order valence-electron chi connectivity index (χ1n) is 15.4. The van der Waals surface area contributed by atoms with Gasteiger partial charge in [-0.2, -0.15) is 0 Å². The van der Waals surface area contributed by atoms with Crippen molar-refractivity contribution in [3.8, 4) is 5.75 Å². The number of aliphatic hydroxyl groups is 1. The molecule has 47 heavy (non-hydrogen) atoms. The van der Waals surface area contributed by atoms with Gasteiger partial charge in [-0.3, -0.25) is 24.3 Å². The zero-order valence-corrected chi connectivity index (χ0v) is 26.6. The fourth-order valence-electron chi connectivity index (χ4n) is 5.41. The number of aliphatic hydroxyl groups excluding tert-OH is 1. The first-order chi connectivity index (χ1) is 22.6. The molecule has 0 fully saturated rings. The molecule has 1 aliphatic heterocycles. The Bertz CT molecular complexity index is 1720. The highest BCUT2D eigenvalue weighted by atomic mass is 16.5. The normalized spacial score (nSPS) is 16.8. The van der Waals surface area contributed by atoms with E-state index in [1.54, 1.807) is 60.4 Å². The van der Waals surface area contributed by atoms with Crippen molar-refractivity contribution in [1.82, 2.24) is 19.8 Å².